The Balaban J connectivity index is 1.55. The van der Waals surface area contributed by atoms with Crippen molar-refractivity contribution in [3.63, 3.8) is 0 Å². The second kappa shape index (κ2) is 16.4. The molecule has 0 aliphatic heterocycles. The predicted octanol–water partition coefficient (Wildman–Crippen LogP) is 7.29. The van der Waals surface area contributed by atoms with Crippen LogP contribution >= 0.6 is 23.2 Å². The zero-order valence-corrected chi connectivity index (χ0v) is 29.1. The van der Waals surface area contributed by atoms with Gasteiger partial charge < -0.3 is 15.0 Å². The average Bonchev–Trinajstić information content (AvgIpc) is 3.61. The molecule has 4 aromatic carbocycles. The molecule has 48 heavy (non-hydrogen) atoms. The number of carbonyl (C=O) groups excluding carboxylic acids is 2. The van der Waals surface area contributed by atoms with Gasteiger partial charge in [0.15, 0.2) is 0 Å². The molecule has 0 unspecified atom stereocenters. The van der Waals surface area contributed by atoms with Crippen LogP contribution in [0.5, 0.6) is 5.75 Å². The van der Waals surface area contributed by atoms with Crippen LogP contribution in [-0.4, -0.2) is 50.4 Å². The first-order valence-electron chi connectivity index (χ1n) is 16.0. The summed E-state index contributed by atoms with van der Waals surface area (Å²) < 4.78 is 35.0. The highest BCUT2D eigenvalue weighted by Gasteiger charge is 2.35. The number of carbonyl (C=O) groups is 2. The molecule has 0 heterocycles. The minimum absolute atomic E-state index is 0.00143. The van der Waals surface area contributed by atoms with Gasteiger partial charge in [0, 0.05) is 19.0 Å². The number of amides is 2. The molecule has 252 valence electrons. The summed E-state index contributed by atoms with van der Waals surface area (Å²) in [4.78, 5) is 30.2. The Kier molecular flexibility index (Phi) is 12.0. The van der Waals surface area contributed by atoms with Crippen molar-refractivity contribution in [2.75, 3.05) is 17.5 Å². The van der Waals surface area contributed by atoms with Gasteiger partial charge >= 0.3 is 0 Å². The number of halogens is 2. The van der Waals surface area contributed by atoms with E-state index in [4.69, 9.17) is 27.9 Å². The summed E-state index contributed by atoms with van der Waals surface area (Å²) in [7, 11) is -4.23. The van der Waals surface area contributed by atoms with Crippen molar-refractivity contribution in [2.45, 2.75) is 62.6 Å². The maximum Gasteiger partial charge on any atom is 0.264 e. The van der Waals surface area contributed by atoms with Crippen molar-refractivity contribution in [1.82, 2.24) is 10.2 Å². The number of hydrogen-bond acceptors (Lipinski definition) is 5. The summed E-state index contributed by atoms with van der Waals surface area (Å²) >= 11 is 12.6. The number of nitrogens with zero attached hydrogens (tertiary/aromatic N) is 2. The Morgan fingerprint density at radius 3 is 2.12 bits per heavy atom. The lowest BCUT2D eigenvalue weighted by Gasteiger charge is -2.34. The lowest BCUT2D eigenvalue weighted by atomic mass is 10.0. The number of anilines is 1. The number of nitrogens with one attached hydrogen (secondary N) is 1. The lowest BCUT2D eigenvalue weighted by Crippen LogP contribution is -2.54. The Bertz CT molecular complexity index is 1790. The number of rotatable bonds is 14. The zero-order valence-electron chi connectivity index (χ0n) is 26.7. The van der Waals surface area contributed by atoms with Crippen LogP contribution in [0.3, 0.4) is 0 Å². The summed E-state index contributed by atoms with van der Waals surface area (Å²) in [6, 6.07) is 28.1. The van der Waals surface area contributed by atoms with Gasteiger partial charge in [-0.2, -0.15) is 0 Å². The first-order chi connectivity index (χ1) is 23.2. The van der Waals surface area contributed by atoms with E-state index < -0.39 is 28.5 Å². The van der Waals surface area contributed by atoms with E-state index in [-0.39, 0.29) is 29.8 Å². The van der Waals surface area contributed by atoms with Crippen molar-refractivity contribution < 1.29 is 22.7 Å². The van der Waals surface area contributed by atoms with E-state index in [1.54, 1.807) is 60.7 Å². The van der Waals surface area contributed by atoms with Crippen LogP contribution in [0.1, 0.15) is 43.7 Å². The molecule has 0 aromatic heterocycles. The number of sulfonamides is 1. The van der Waals surface area contributed by atoms with Gasteiger partial charge in [-0.1, -0.05) is 90.6 Å². The van der Waals surface area contributed by atoms with Crippen LogP contribution < -0.4 is 14.4 Å². The van der Waals surface area contributed by atoms with E-state index >= 15 is 0 Å². The number of ether oxygens (including phenoxy) is 1. The molecule has 11 heteroatoms. The quantitative estimate of drug-likeness (QED) is 0.149. The standard InChI is InChI=1S/C37H39Cl2N3O5S/c1-2-47-31-18-20-32(21-19-31)48(45,46)42(30-15-7-4-8-16-30)26-36(43)41(25-28-17-22-33(38)34(39)23-28)35(24-27-11-5-3-6-12-27)37(44)40-29-13-9-10-14-29/h3-8,11-12,15-23,29,35H,2,9-10,13-14,24-26H2,1H3,(H,40,44)/t35-/m0/s1. The highest BCUT2D eigenvalue weighted by atomic mass is 35.5. The van der Waals surface area contributed by atoms with Crippen molar-refractivity contribution in [2.24, 2.45) is 0 Å². The van der Waals surface area contributed by atoms with Crippen LogP contribution in [0.15, 0.2) is 108 Å². The molecule has 0 saturated heterocycles. The third-order valence-electron chi connectivity index (χ3n) is 8.36. The molecule has 8 nitrogen and oxygen atoms in total. The van der Waals surface area contributed by atoms with E-state index in [0.29, 0.717) is 33.7 Å². The van der Waals surface area contributed by atoms with Gasteiger partial charge in [0.1, 0.15) is 18.3 Å². The van der Waals surface area contributed by atoms with Crippen molar-refractivity contribution >= 4 is 50.7 Å². The first-order valence-corrected chi connectivity index (χ1v) is 18.2. The largest absolute Gasteiger partial charge is 0.494 e. The molecule has 0 radical (unpaired) electrons. The molecule has 0 spiro atoms. The molecule has 0 bridgehead atoms. The summed E-state index contributed by atoms with van der Waals surface area (Å²) in [5, 5.41) is 3.84. The molecule has 5 rings (SSSR count). The van der Waals surface area contributed by atoms with Gasteiger partial charge in [0.05, 0.1) is 27.2 Å². The first kappa shape index (κ1) is 35.3. The third-order valence-corrected chi connectivity index (χ3v) is 10.9. The molecular formula is C37H39Cl2N3O5S. The fourth-order valence-electron chi connectivity index (χ4n) is 5.88. The monoisotopic (exact) mass is 707 g/mol. The fourth-order valence-corrected chi connectivity index (χ4v) is 7.62. The van der Waals surface area contributed by atoms with E-state index in [1.165, 1.54) is 17.0 Å². The highest BCUT2D eigenvalue weighted by Crippen LogP contribution is 2.28. The molecule has 1 aliphatic rings. The summed E-state index contributed by atoms with van der Waals surface area (Å²) in [5.74, 6) is -0.314. The number of benzene rings is 4. The van der Waals surface area contributed by atoms with Gasteiger partial charge in [-0.3, -0.25) is 13.9 Å². The highest BCUT2D eigenvalue weighted by molar-refractivity contribution is 7.92. The summed E-state index contributed by atoms with van der Waals surface area (Å²) in [6.45, 7) is 1.72. The van der Waals surface area contributed by atoms with Crippen LogP contribution in [0.2, 0.25) is 10.0 Å². The Morgan fingerprint density at radius 2 is 1.50 bits per heavy atom. The van der Waals surface area contributed by atoms with Crippen LogP contribution in [0, 0.1) is 0 Å². The van der Waals surface area contributed by atoms with E-state index in [2.05, 4.69) is 5.32 Å². The topological polar surface area (TPSA) is 96.0 Å². The maximum absolute atomic E-state index is 14.6. The Hall–Kier alpha value is -4.05. The molecule has 1 atom stereocenters. The second-order valence-corrected chi connectivity index (χ2v) is 14.4. The Morgan fingerprint density at radius 1 is 0.854 bits per heavy atom. The third kappa shape index (κ3) is 8.89. The molecule has 1 aliphatic carbocycles. The molecule has 2 amide bonds. The van der Waals surface area contributed by atoms with Gasteiger partial charge in [-0.05, 0) is 79.4 Å². The minimum atomic E-state index is -4.23. The van der Waals surface area contributed by atoms with Crippen LogP contribution in [-0.2, 0) is 32.6 Å². The van der Waals surface area contributed by atoms with Gasteiger partial charge in [-0.15, -0.1) is 0 Å². The summed E-state index contributed by atoms with van der Waals surface area (Å²) in [5.41, 5.74) is 1.81. The second-order valence-electron chi connectivity index (χ2n) is 11.7. The van der Waals surface area contributed by atoms with Gasteiger partial charge in [0.2, 0.25) is 11.8 Å². The molecule has 1 fully saturated rings. The SMILES string of the molecule is CCOc1ccc(S(=O)(=O)N(CC(=O)N(Cc2ccc(Cl)c(Cl)c2)[C@@H](Cc2ccccc2)C(=O)NC2CCCC2)c2ccccc2)cc1. The molecular weight excluding hydrogens is 669 g/mol. The molecule has 4 aromatic rings. The smallest absolute Gasteiger partial charge is 0.264 e. The van der Waals surface area contributed by atoms with Crippen molar-refractivity contribution in [3.05, 3.63) is 124 Å². The lowest BCUT2D eigenvalue weighted by molar-refractivity contribution is -0.140. The van der Waals surface area contributed by atoms with Gasteiger partial charge in [0.25, 0.3) is 10.0 Å². The van der Waals surface area contributed by atoms with Crippen molar-refractivity contribution in [1.29, 1.82) is 0 Å². The summed E-state index contributed by atoms with van der Waals surface area (Å²) in [6.07, 6.45) is 4.01. The van der Waals surface area contributed by atoms with E-state index in [0.717, 1.165) is 35.6 Å². The number of hydrogen-bond donors (Lipinski definition) is 1. The molecule has 1 saturated carbocycles. The average molecular weight is 709 g/mol. The molecule has 1 N–H and O–H groups in total. The van der Waals surface area contributed by atoms with E-state index in [1.807, 2.05) is 37.3 Å². The van der Waals surface area contributed by atoms with Crippen LogP contribution in [0.25, 0.3) is 0 Å². The Labute approximate surface area is 292 Å². The maximum atomic E-state index is 14.6. The normalized spacial score (nSPS) is 13.9. The van der Waals surface area contributed by atoms with Crippen molar-refractivity contribution in [3.8, 4) is 5.75 Å². The van der Waals surface area contributed by atoms with E-state index in [9.17, 15) is 18.0 Å². The van der Waals surface area contributed by atoms with Gasteiger partial charge in [-0.25, -0.2) is 8.42 Å². The number of para-hydroxylation sites is 1. The van der Waals surface area contributed by atoms with Crippen LogP contribution in [0.4, 0.5) is 5.69 Å². The minimum Gasteiger partial charge on any atom is -0.494 e. The fraction of sp³-hybridized carbons (Fsp3) is 0.297. The predicted molar refractivity (Wildman–Crippen MR) is 190 cm³/mol. The zero-order chi connectivity index (χ0) is 34.1.